The topological polar surface area (TPSA) is 69.3 Å². The van der Waals surface area contributed by atoms with Crippen LogP contribution < -0.4 is 10.1 Å². The summed E-state index contributed by atoms with van der Waals surface area (Å²) >= 11 is 3.46. The standard InChI is InChI=1S/C26H24BrN3O3/c1-3-6-20-7-4-5-8-23(20)32-17-21-13-14-24(33-21)26(31)28-25-22(27)16-30(29-25)15-19-11-9-18(2)10-12-19/h3-5,7-14,16H,1,6,15,17H2,2H3,(H,28,29,31). The quantitative estimate of drug-likeness (QED) is 0.276. The van der Waals surface area contributed by atoms with Gasteiger partial charge in [0.2, 0.25) is 0 Å². The molecule has 0 atom stereocenters. The van der Waals surface area contributed by atoms with Crippen LogP contribution in [-0.2, 0) is 19.6 Å². The van der Waals surface area contributed by atoms with Gasteiger partial charge in [-0.15, -0.1) is 6.58 Å². The van der Waals surface area contributed by atoms with Crippen LogP contribution in [0, 0.1) is 6.92 Å². The number of amides is 1. The lowest BCUT2D eigenvalue weighted by Gasteiger charge is -2.08. The van der Waals surface area contributed by atoms with Crippen LogP contribution in [0.2, 0.25) is 0 Å². The van der Waals surface area contributed by atoms with Gasteiger partial charge in [-0.05, 0) is 58.6 Å². The van der Waals surface area contributed by atoms with E-state index in [1.54, 1.807) is 16.8 Å². The van der Waals surface area contributed by atoms with E-state index >= 15 is 0 Å². The number of anilines is 1. The molecule has 4 rings (SSSR count). The molecule has 2 aromatic carbocycles. The molecule has 4 aromatic rings. The predicted molar refractivity (Wildman–Crippen MR) is 132 cm³/mol. The Bertz CT molecular complexity index is 1260. The number of halogens is 1. The SMILES string of the molecule is C=CCc1ccccc1OCc1ccc(C(=O)Nc2nn(Cc3ccc(C)cc3)cc2Br)o1. The maximum Gasteiger partial charge on any atom is 0.292 e. The van der Waals surface area contributed by atoms with Crippen molar-refractivity contribution in [2.24, 2.45) is 0 Å². The Balaban J connectivity index is 1.37. The second-order valence-electron chi connectivity index (χ2n) is 7.62. The monoisotopic (exact) mass is 505 g/mol. The first kappa shape index (κ1) is 22.6. The number of nitrogens with zero attached hydrogens (tertiary/aromatic N) is 2. The molecule has 0 aliphatic heterocycles. The molecule has 0 saturated carbocycles. The highest BCUT2D eigenvalue weighted by atomic mass is 79.9. The number of para-hydroxylation sites is 1. The summed E-state index contributed by atoms with van der Waals surface area (Å²) in [6.07, 6.45) is 4.38. The summed E-state index contributed by atoms with van der Waals surface area (Å²) in [7, 11) is 0. The fourth-order valence-electron chi connectivity index (χ4n) is 3.31. The third-order valence-corrected chi connectivity index (χ3v) is 5.59. The number of nitrogens with one attached hydrogen (secondary N) is 1. The third kappa shape index (κ3) is 5.81. The maximum absolute atomic E-state index is 12.7. The van der Waals surface area contributed by atoms with E-state index in [0.717, 1.165) is 16.9 Å². The minimum atomic E-state index is -0.380. The molecular weight excluding hydrogens is 482 g/mol. The van der Waals surface area contributed by atoms with Crippen molar-refractivity contribution >= 4 is 27.7 Å². The van der Waals surface area contributed by atoms with Crippen molar-refractivity contribution in [1.82, 2.24) is 9.78 Å². The van der Waals surface area contributed by atoms with Crippen molar-refractivity contribution in [2.45, 2.75) is 26.5 Å². The molecule has 6 nitrogen and oxygen atoms in total. The second-order valence-corrected chi connectivity index (χ2v) is 8.47. The Morgan fingerprint density at radius 3 is 2.76 bits per heavy atom. The van der Waals surface area contributed by atoms with Crippen LogP contribution in [0.25, 0.3) is 0 Å². The van der Waals surface area contributed by atoms with Gasteiger partial charge in [0.25, 0.3) is 5.91 Å². The summed E-state index contributed by atoms with van der Waals surface area (Å²) in [5.41, 5.74) is 3.37. The molecule has 0 spiro atoms. The number of benzene rings is 2. The first-order valence-electron chi connectivity index (χ1n) is 10.5. The highest BCUT2D eigenvalue weighted by Crippen LogP contribution is 2.23. The number of carbonyl (C=O) groups is 1. The minimum absolute atomic E-state index is 0.188. The first-order valence-corrected chi connectivity index (χ1v) is 11.3. The molecule has 0 fully saturated rings. The number of hydrogen-bond donors (Lipinski definition) is 1. The van der Waals surface area contributed by atoms with Gasteiger partial charge in [-0.1, -0.05) is 54.1 Å². The Hall–Kier alpha value is -3.58. The molecular formula is C26H24BrN3O3. The number of ether oxygens (including phenoxy) is 1. The molecule has 1 N–H and O–H groups in total. The molecule has 0 bridgehead atoms. The fraction of sp³-hybridized carbons (Fsp3) is 0.154. The Morgan fingerprint density at radius 2 is 1.97 bits per heavy atom. The van der Waals surface area contributed by atoms with Crippen LogP contribution in [0.3, 0.4) is 0 Å². The van der Waals surface area contributed by atoms with Crippen LogP contribution in [0.5, 0.6) is 5.75 Å². The highest BCUT2D eigenvalue weighted by molar-refractivity contribution is 9.10. The van der Waals surface area contributed by atoms with Crippen molar-refractivity contribution < 1.29 is 13.9 Å². The summed E-state index contributed by atoms with van der Waals surface area (Å²) < 4.78 is 14.0. The Kier molecular flexibility index (Phi) is 7.10. The molecule has 0 radical (unpaired) electrons. The summed E-state index contributed by atoms with van der Waals surface area (Å²) in [6, 6.07) is 19.4. The number of aryl methyl sites for hydroxylation is 1. The van der Waals surface area contributed by atoms with Gasteiger partial charge in [-0.3, -0.25) is 9.48 Å². The number of allylic oxidation sites excluding steroid dienone is 1. The van der Waals surface area contributed by atoms with E-state index < -0.39 is 0 Å². The summed E-state index contributed by atoms with van der Waals surface area (Å²) in [4.78, 5) is 12.7. The van der Waals surface area contributed by atoms with Gasteiger partial charge in [-0.2, -0.15) is 5.10 Å². The molecule has 0 aliphatic carbocycles. The van der Waals surface area contributed by atoms with Crippen molar-refractivity contribution in [3.05, 3.63) is 112 Å². The minimum Gasteiger partial charge on any atom is -0.485 e. The molecule has 2 aromatic heterocycles. The smallest absolute Gasteiger partial charge is 0.292 e. The van der Waals surface area contributed by atoms with Gasteiger partial charge < -0.3 is 14.5 Å². The predicted octanol–water partition coefficient (Wildman–Crippen LogP) is 6.16. The highest BCUT2D eigenvalue weighted by Gasteiger charge is 2.16. The van der Waals surface area contributed by atoms with Gasteiger partial charge >= 0.3 is 0 Å². The lowest BCUT2D eigenvalue weighted by Crippen LogP contribution is -2.12. The van der Waals surface area contributed by atoms with Crippen molar-refractivity contribution in [1.29, 1.82) is 0 Å². The number of rotatable bonds is 9. The normalized spacial score (nSPS) is 10.7. The number of furan rings is 1. The van der Waals surface area contributed by atoms with Crippen molar-refractivity contribution in [2.75, 3.05) is 5.32 Å². The zero-order chi connectivity index (χ0) is 23.2. The molecule has 33 heavy (non-hydrogen) atoms. The average molecular weight is 506 g/mol. The van der Waals surface area contributed by atoms with Gasteiger partial charge in [0.1, 0.15) is 18.1 Å². The van der Waals surface area contributed by atoms with E-state index in [9.17, 15) is 4.79 Å². The van der Waals surface area contributed by atoms with E-state index in [2.05, 4.69) is 64.1 Å². The third-order valence-electron chi connectivity index (χ3n) is 5.01. The van der Waals surface area contributed by atoms with Crippen molar-refractivity contribution in [3.8, 4) is 5.75 Å². The molecule has 1 amide bonds. The molecule has 0 unspecified atom stereocenters. The van der Waals surface area contributed by atoms with Crippen LogP contribution >= 0.6 is 15.9 Å². The maximum atomic E-state index is 12.7. The molecule has 168 valence electrons. The largest absolute Gasteiger partial charge is 0.485 e. The zero-order valence-electron chi connectivity index (χ0n) is 18.3. The second kappa shape index (κ2) is 10.4. The Labute approximate surface area is 201 Å². The van der Waals surface area contributed by atoms with Gasteiger partial charge in [0, 0.05) is 6.20 Å². The van der Waals surface area contributed by atoms with Crippen LogP contribution in [-0.4, -0.2) is 15.7 Å². The van der Waals surface area contributed by atoms with E-state index in [1.165, 1.54) is 5.56 Å². The summed E-state index contributed by atoms with van der Waals surface area (Å²) in [5, 5.41) is 7.26. The van der Waals surface area contributed by atoms with E-state index in [1.807, 2.05) is 36.5 Å². The summed E-state index contributed by atoms with van der Waals surface area (Å²) in [6.45, 7) is 6.65. The van der Waals surface area contributed by atoms with Crippen LogP contribution in [0.4, 0.5) is 5.82 Å². The molecule has 2 heterocycles. The fourth-order valence-corrected chi connectivity index (χ4v) is 3.72. The van der Waals surface area contributed by atoms with E-state index in [-0.39, 0.29) is 18.3 Å². The van der Waals surface area contributed by atoms with Gasteiger partial charge in [0.15, 0.2) is 11.6 Å². The lowest BCUT2D eigenvalue weighted by atomic mass is 10.1. The van der Waals surface area contributed by atoms with Gasteiger partial charge in [-0.25, -0.2) is 0 Å². The average Bonchev–Trinajstić information content (AvgIpc) is 3.42. The number of aromatic nitrogens is 2. The Morgan fingerprint density at radius 1 is 1.18 bits per heavy atom. The van der Waals surface area contributed by atoms with Crippen LogP contribution in [0.15, 0.2) is 88.4 Å². The zero-order valence-corrected chi connectivity index (χ0v) is 19.8. The lowest BCUT2D eigenvalue weighted by molar-refractivity contribution is 0.0992. The van der Waals surface area contributed by atoms with Crippen LogP contribution in [0.1, 0.15) is 33.0 Å². The van der Waals surface area contributed by atoms with E-state index in [0.29, 0.717) is 29.0 Å². The molecule has 0 aliphatic rings. The summed E-state index contributed by atoms with van der Waals surface area (Å²) in [5.74, 6) is 1.56. The van der Waals surface area contributed by atoms with Crippen molar-refractivity contribution in [3.63, 3.8) is 0 Å². The van der Waals surface area contributed by atoms with E-state index in [4.69, 9.17) is 9.15 Å². The number of carbonyl (C=O) groups excluding carboxylic acids is 1. The molecule has 0 saturated heterocycles. The number of hydrogen-bond acceptors (Lipinski definition) is 4. The molecule has 7 heteroatoms. The first-order chi connectivity index (χ1) is 16.0. The van der Waals surface area contributed by atoms with Gasteiger partial charge in [0.05, 0.1) is 11.0 Å².